The zero-order valence-corrected chi connectivity index (χ0v) is 16.4. The molecule has 1 N–H and O–H groups in total. The van der Waals surface area contributed by atoms with Crippen LogP contribution < -0.4 is 10.1 Å². The Hall–Kier alpha value is -2.01. The molecule has 2 aromatic rings. The van der Waals surface area contributed by atoms with Crippen LogP contribution in [0.1, 0.15) is 56.7 Å². The average molecular weight is 361 g/mol. The Bertz CT molecular complexity index is 705. The van der Waals surface area contributed by atoms with Crippen LogP contribution in [0.4, 0.5) is 0 Å². The van der Waals surface area contributed by atoms with Gasteiger partial charge in [-0.05, 0) is 50.9 Å². The summed E-state index contributed by atoms with van der Waals surface area (Å²) in [5.41, 5.74) is 1.56. The van der Waals surface area contributed by atoms with E-state index >= 15 is 0 Å². The van der Waals surface area contributed by atoms with Crippen LogP contribution in [0.2, 0.25) is 0 Å². The van der Waals surface area contributed by atoms with Crippen LogP contribution in [-0.2, 0) is 11.2 Å². The van der Waals surface area contributed by atoms with Crippen LogP contribution in [0.15, 0.2) is 22.6 Å². The van der Waals surface area contributed by atoms with E-state index in [9.17, 15) is 4.79 Å². The molecule has 0 bridgehead atoms. The summed E-state index contributed by atoms with van der Waals surface area (Å²) in [5.74, 6) is 1.32. The van der Waals surface area contributed by atoms with Crippen molar-refractivity contribution in [3.63, 3.8) is 0 Å². The molecular weight excluding hydrogens is 330 g/mol. The van der Waals surface area contributed by atoms with E-state index in [1.807, 2.05) is 18.2 Å². The van der Waals surface area contributed by atoms with E-state index in [-0.39, 0.29) is 0 Å². The first kappa shape index (κ1) is 20.3. The number of esters is 1. The van der Waals surface area contributed by atoms with Crippen LogP contribution >= 0.6 is 0 Å². The lowest BCUT2D eigenvalue weighted by Crippen LogP contribution is -2.22. The first-order valence-electron chi connectivity index (χ1n) is 9.63. The summed E-state index contributed by atoms with van der Waals surface area (Å²) < 4.78 is 17.0. The van der Waals surface area contributed by atoms with Crippen molar-refractivity contribution in [2.24, 2.45) is 5.92 Å². The predicted octanol–water partition coefficient (Wildman–Crippen LogP) is 4.58. The van der Waals surface area contributed by atoms with Gasteiger partial charge < -0.3 is 19.2 Å². The second kappa shape index (κ2) is 10.2. The Kier molecular flexibility index (Phi) is 7.98. The number of fused-ring (bicyclic) bond motifs is 1. The Morgan fingerprint density at radius 1 is 1.27 bits per heavy atom. The van der Waals surface area contributed by atoms with Crippen LogP contribution in [0, 0.1) is 5.92 Å². The Morgan fingerprint density at radius 2 is 2.08 bits per heavy atom. The maximum absolute atomic E-state index is 12.2. The molecule has 0 aliphatic heterocycles. The monoisotopic (exact) mass is 361 g/mol. The van der Waals surface area contributed by atoms with Gasteiger partial charge in [0.15, 0.2) is 0 Å². The van der Waals surface area contributed by atoms with Crippen LogP contribution in [0.25, 0.3) is 11.0 Å². The summed E-state index contributed by atoms with van der Waals surface area (Å²) in [7, 11) is 0. The molecule has 0 fully saturated rings. The molecule has 0 spiro atoms. The predicted molar refractivity (Wildman–Crippen MR) is 104 cm³/mol. The van der Waals surface area contributed by atoms with Crippen molar-refractivity contribution in [1.82, 2.24) is 5.32 Å². The lowest BCUT2D eigenvalue weighted by atomic mass is 10.0. The molecule has 0 saturated heterocycles. The number of furan rings is 1. The molecule has 1 aromatic carbocycles. The molecule has 0 amide bonds. The van der Waals surface area contributed by atoms with Gasteiger partial charge >= 0.3 is 5.97 Å². The SMILES string of the molecule is CCCc1c(C(=O)OCC)oc2cccc(OCCCNCC(C)C)c12. The standard InChI is InChI=1S/C21H31NO4/c1-5-9-16-19-17(25-13-8-12-22-14-15(3)4)10-7-11-18(19)26-20(16)21(23)24-6-2/h7,10-11,15,22H,5-6,8-9,12-14H2,1-4H3. The number of rotatable bonds is 11. The number of nitrogens with one attached hydrogen (secondary N) is 1. The highest BCUT2D eigenvalue weighted by Gasteiger charge is 2.23. The largest absolute Gasteiger partial charge is 0.493 e. The van der Waals surface area contributed by atoms with Gasteiger partial charge in [-0.15, -0.1) is 0 Å². The molecule has 0 radical (unpaired) electrons. The van der Waals surface area contributed by atoms with E-state index in [2.05, 4.69) is 26.1 Å². The molecule has 0 saturated carbocycles. The van der Waals surface area contributed by atoms with Crippen LogP contribution in [0.5, 0.6) is 5.75 Å². The zero-order valence-electron chi connectivity index (χ0n) is 16.4. The van der Waals surface area contributed by atoms with Gasteiger partial charge in [-0.2, -0.15) is 0 Å². The maximum atomic E-state index is 12.2. The van der Waals surface area contributed by atoms with Gasteiger partial charge in [0.1, 0.15) is 11.3 Å². The van der Waals surface area contributed by atoms with E-state index in [0.717, 1.165) is 49.1 Å². The molecule has 1 heterocycles. The Labute approximate surface area is 156 Å². The fraction of sp³-hybridized carbons (Fsp3) is 0.571. The minimum atomic E-state index is -0.406. The Morgan fingerprint density at radius 3 is 2.77 bits per heavy atom. The smallest absolute Gasteiger partial charge is 0.374 e. The minimum Gasteiger partial charge on any atom is -0.493 e. The number of ether oxygens (including phenoxy) is 2. The third-order valence-corrected chi connectivity index (χ3v) is 4.04. The van der Waals surface area contributed by atoms with Crippen molar-refractivity contribution in [3.8, 4) is 5.75 Å². The first-order chi connectivity index (χ1) is 12.6. The fourth-order valence-corrected chi connectivity index (χ4v) is 2.92. The molecule has 0 unspecified atom stereocenters. The quantitative estimate of drug-likeness (QED) is 0.469. The third-order valence-electron chi connectivity index (χ3n) is 4.04. The van der Waals surface area contributed by atoms with Crippen molar-refractivity contribution in [1.29, 1.82) is 0 Å². The number of carbonyl (C=O) groups is 1. The minimum absolute atomic E-state index is 0.304. The number of hydrogen-bond acceptors (Lipinski definition) is 5. The van der Waals surface area contributed by atoms with Gasteiger partial charge in [0.2, 0.25) is 5.76 Å². The first-order valence-corrected chi connectivity index (χ1v) is 9.63. The van der Waals surface area contributed by atoms with Crippen LogP contribution in [0.3, 0.4) is 0 Å². The molecule has 1 aromatic heterocycles. The van der Waals surface area contributed by atoms with Gasteiger partial charge in [-0.3, -0.25) is 0 Å². The van der Waals surface area contributed by atoms with Crippen molar-refractivity contribution in [3.05, 3.63) is 29.5 Å². The molecule has 2 rings (SSSR count). The molecule has 144 valence electrons. The fourth-order valence-electron chi connectivity index (χ4n) is 2.92. The molecule has 26 heavy (non-hydrogen) atoms. The zero-order chi connectivity index (χ0) is 18.9. The van der Waals surface area contributed by atoms with Gasteiger partial charge in [-0.25, -0.2) is 4.79 Å². The Balaban J connectivity index is 2.15. The summed E-state index contributed by atoms with van der Waals surface area (Å²) in [5, 5.41) is 4.31. The molecule has 5 heteroatoms. The van der Waals surface area contributed by atoms with E-state index in [1.165, 1.54) is 0 Å². The molecule has 0 aliphatic rings. The molecular formula is C21H31NO4. The highest BCUT2D eigenvalue weighted by molar-refractivity contribution is 5.98. The normalized spacial score (nSPS) is 11.3. The maximum Gasteiger partial charge on any atom is 0.374 e. The molecule has 0 atom stereocenters. The van der Waals surface area contributed by atoms with E-state index < -0.39 is 5.97 Å². The van der Waals surface area contributed by atoms with E-state index in [1.54, 1.807) is 6.92 Å². The summed E-state index contributed by atoms with van der Waals surface area (Å²) >= 11 is 0. The van der Waals surface area contributed by atoms with Gasteiger partial charge in [0.25, 0.3) is 0 Å². The molecule has 0 aliphatic carbocycles. The highest BCUT2D eigenvalue weighted by Crippen LogP contribution is 2.35. The van der Waals surface area contributed by atoms with E-state index in [0.29, 0.717) is 30.5 Å². The molecule has 5 nitrogen and oxygen atoms in total. The van der Waals surface area contributed by atoms with Crippen molar-refractivity contribution < 1.29 is 18.7 Å². The van der Waals surface area contributed by atoms with Gasteiger partial charge in [-0.1, -0.05) is 33.3 Å². The number of benzene rings is 1. The van der Waals surface area contributed by atoms with Crippen molar-refractivity contribution in [2.75, 3.05) is 26.3 Å². The second-order valence-electron chi connectivity index (χ2n) is 6.81. The van der Waals surface area contributed by atoms with Crippen molar-refractivity contribution in [2.45, 2.75) is 47.0 Å². The highest BCUT2D eigenvalue weighted by atomic mass is 16.5. The average Bonchev–Trinajstić information content (AvgIpc) is 2.98. The van der Waals surface area contributed by atoms with Crippen molar-refractivity contribution >= 4 is 16.9 Å². The van der Waals surface area contributed by atoms with E-state index in [4.69, 9.17) is 13.9 Å². The lowest BCUT2D eigenvalue weighted by molar-refractivity contribution is 0.0491. The topological polar surface area (TPSA) is 60.7 Å². The summed E-state index contributed by atoms with van der Waals surface area (Å²) in [4.78, 5) is 12.2. The summed E-state index contributed by atoms with van der Waals surface area (Å²) in [6.07, 6.45) is 2.58. The number of hydrogen-bond donors (Lipinski definition) is 1. The third kappa shape index (κ3) is 5.24. The number of aryl methyl sites for hydroxylation is 1. The van der Waals surface area contributed by atoms with Gasteiger partial charge in [0, 0.05) is 5.56 Å². The summed E-state index contributed by atoms with van der Waals surface area (Å²) in [6.45, 7) is 11.2. The number of carbonyl (C=O) groups excluding carboxylic acids is 1. The summed E-state index contributed by atoms with van der Waals surface area (Å²) in [6, 6.07) is 5.70. The lowest BCUT2D eigenvalue weighted by Gasteiger charge is -2.10. The van der Waals surface area contributed by atoms with Gasteiger partial charge in [0.05, 0.1) is 18.6 Å². The second-order valence-corrected chi connectivity index (χ2v) is 6.81. The van der Waals surface area contributed by atoms with Crippen LogP contribution in [-0.4, -0.2) is 32.3 Å².